The van der Waals surface area contributed by atoms with E-state index in [1.807, 2.05) is 13.8 Å². The molecule has 86 valence electrons. The number of rotatable bonds is 4. The Labute approximate surface area is 89.6 Å². The molecule has 0 radical (unpaired) electrons. The summed E-state index contributed by atoms with van der Waals surface area (Å²) in [5.41, 5.74) is 0. The Kier molecular flexibility index (Phi) is 9.42. The van der Waals surface area contributed by atoms with E-state index in [0.29, 0.717) is 0 Å². The van der Waals surface area contributed by atoms with Crippen LogP contribution >= 0.6 is 0 Å². The van der Waals surface area contributed by atoms with Crippen LogP contribution in [0.25, 0.3) is 0 Å². The molecular formula is C12H27NO. The van der Waals surface area contributed by atoms with Crippen molar-refractivity contribution < 1.29 is 4.74 Å². The molecule has 2 heteroatoms. The molecule has 0 spiro atoms. The van der Waals surface area contributed by atoms with E-state index in [2.05, 4.69) is 18.7 Å². The summed E-state index contributed by atoms with van der Waals surface area (Å²) in [4.78, 5) is 2.51. The van der Waals surface area contributed by atoms with Crippen molar-refractivity contribution in [1.29, 1.82) is 0 Å². The highest BCUT2D eigenvalue weighted by molar-refractivity contribution is 4.68. The number of ether oxygens (including phenoxy) is 1. The van der Waals surface area contributed by atoms with Gasteiger partial charge in [0, 0.05) is 13.2 Å². The van der Waals surface area contributed by atoms with Crippen LogP contribution in [0.1, 0.15) is 40.5 Å². The fourth-order valence-electron chi connectivity index (χ4n) is 1.62. The maximum atomic E-state index is 5.32. The normalized spacial score (nSPS) is 18.9. The van der Waals surface area contributed by atoms with Gasteiger partial charge in [-0.2, -0.15) is 0 Å². The van der Waals surface area contributed by atoms with Crippen LogP contribution in [0.5, 0.6) is 0 Å². The number of hydrogen-bond donors (Lipinski definition) is 0. The second-order valence-corrected chi connectivity index (χ2v) is 3.72. The van der Waals surface area contributed by atoms with E-state index in [-0.39, 0.29) is 0 Å². The molecule has 0 aromatic heterocycles. The van der Waals surface area contributed by atoms with Crippen LogP contribution in [0.4, 0.5) is 0 Å². The molecule has 1 saturated heterocycles. The molecule has 0 saturated carbocycles. The minimum absolute atomic E-state index is 0.851. The largest absolute Gasteiger partial charge is 0.380 e. The lowest BCUT2D eigenvalue weighted by molar-refractivity contribution is 0.0976. The lowest BCUT2D eigenvalue weighted by Gasteiger charge is -2.29. The Hall–Kier alpha value is -0.0800. The fraction of sp³-hybridized carbons (Fsp3) is 1.00. The first kappa shape index (κ1) is 13.9. The third-order valence-electron chi connectivity index (χ3n) is 2.63. The highest BCUT2D eigenvalue weighted by Gasteiger charge is 2.14. The van der Waals surface area contributed by atoms with Crippen LogP contribution in [-0.4, -0.2) is 37.7 Å². The zero-order chi connectivity index (χ0) is 10.8. The Morgan fingerprint density at radius 2 is 1.79 bits per heavy atom. The van der Waals surface area contributed by atoms with Gasteiger partial charge in [0.2, 0.25) is 0 Å². The van der Waals surface area contributed by atoms with Gasteiger partial charge in [-0.3, -0.25) is 0 Å². The van der Waals surface area contributed by atoms with E-state index < -0.39 is 0 Å². The fourth-order valence-corrected chi connectivity index (χ4v) is 1.62. The van der Waals surface area contributed by atoms with Gasteiger partial charge >= 0.3 is 0 Å². The lowest BCUT2D eigenvalue weighted by atomic mass is 9.99. The van der Waals surface area contributed by atoms with Gasteiger partial charge < -0.3 is 9.64 Å². The van der Waals surface area contributed by atoms with Gasteiger partial charge in [-0.15, -0.1) is 0 Å². The van der Waals surface area contributed by atoms with E-state index >= 15 is 0 Å². The minimum atomic E-state index is 0.851. The first-order valence-corrected chi connectivity index (χ1v) is 6.13. The monoisotopic (exact) mass is 201 g/mol. The first-order valence-electron chi connectivity index (χ1n) is 6.13. The van der Waals surface area contributed by atoms with Crippen molar-refractivity contribution in [3.63, 3.8) is 0 Å². The number of nitrogens with zero attached hydrogens (tertiary/aromatic N) is 1. The molecule has 1 heterocycles. The predicted octanol–water partition coefficient (Wildman–Crippen LogP) is 2.78. The van der Waals surface area contributed by atoms with Gasteiger partial charge in [-0.1, -0.05) is 20.8 Å². The minimum Gasteiger partial charge on any atom is -0.380 e. The van der Waals surface area contributed by atoms with Crippen molar-refractivity contribution >= 4 is 0 Å². The lowest BCUT2D eigenvalue weighted by Crippen LogP contribution is -2.35. The molecule has 14 heavy (non-hydrogen) atoms. The molecule has 0 amide bonds. The summed E-state index contributed by atoms with van der Waals surface area (Å²) in [6.07, 6.45) is 2.73. The summed E-state index contributed by atoms with van der Waals surface area (Å²) < 4.78 is 5.32. The molecule has 0 bridgehead atoms. The quantitative estimate of drug-likeness (QED) is 0.649. The van der Waals surface area contributed by atoms with Crippen LogP contribution in [0.15, 0.2) is 0 Å². The molecular weight excluding hydrogens is 174 g/mol. The SMILES string of the molecule is CC.CCOCCN1CCC(C)CC1. The van der Waals surface area contributed by atoms with Crippen LogP contribution in [0.3, 0.4) is 0 Å². The van der Waals surface area contributed by atoms with Crippen LogP contribution in [-0.2, 0) is 4.74 Å². The van der Waals surface area contributed by atoms with Crippen molar-refractivity contribution in [2.24, 2.45) is 5.92 Å². The third kappa shape index (κ3) is 6.39. The molecule has 0 atom stereocenters. The van der Waals surface area contributed by atoms with Gasteiger partial charge in [0.05, 0.1) is 6.61 Å². The van der Waals surface area contributed by atoms with Gasteiger partial charge in [-0.25, -0.2) is 0 Å². The van der Waals surface area contributed by atoms with Crippen LogP contribution < -0.4 is 0 Å². The summed E-state index contributed by atoms with van der Waals surface area (Å²) >= 11 is 0. The molecule has 1 aliphatic heterocycles. The van der Waals surface area contributed by atoms with Crippen molar-refractivity contribution in [2.45, 2.75) is 40.5 Å². The summed E-state index contributed by atoms with van der Waals surface area (Å²) in [6, 6.07) is 0. The summed E-state index contributed by atoms with van der Waals surface area (Å²) in [5.74, 6) is 0.938. The summed E-state index contributed by atoms with van der Waals surface area (Å²) in [5, 5.41) is 0. The predicted molar refractivity (Wildman–Crippen MR) is 62.7 cm³/mol. The molecule has 0 unspecified atom stereocenters. The van der Waals surface area contributed by atoms with E-state index in [1.54, 1.807) is 0 Å². The standard InChI is InChI=1S/C10H21NO.C2H6/c1-3-12-9-8-11-6-4-10(2)5-7-11;1-2/h10H,3-9H2,1-2H3;1-2H3. The van der Waals surface area contributed by atoms with Gasteiger partial charge in [0.1, 0.15) is 0 Å². The van der Waals surface area contributed by atoms with Crippen LogP contribution in [0.2, 0.25) is 0 Å². The molecule has 1 fully saturated rings. The van der Waals surface area contributed by atoms with Crippen molar-refractivity contribution in [3.8, 4) is 0 Å². The average molecular weight is 201 g/mol. The van der Waals surface area contributed by atoms with E-state index in [0.717, 1.165) is 25.7 Å². The van der Waals surface area contributed by atoms with Crippen molar-refractivity contribution in [2.75, 3.05) is 32.8 Å². The van der Waals surface area contributed by atoms with E-state index in [4.69, 9.17) is 4.74 Å². The molecule has 2 nitrogen and oxygen atoms in total. The van der Waals surface area contributed by atoms with Crippen molar-refractivity contribution in [1.82, 2.24) is 4.90 Å². The zero-order valence-corrected chi connectivity index (χ0v) is 10.4. The number of hydrogen-bond acceptors (Lipinski definition) is 2. The zero-order valence-electron chi connectivity index (χ0n) is 10.4. The highest BCUT2D eigenvalue weighted by atomic mass is 16.5. The van der Waals surface area contributed by atoms with Gasteiger partial charge in [-0.05, 0) is 38.8 Å². The Bertz CT molecular complexity index is 109. The van der Waals surface area contributed by atoms with Crippen molar-refractivity contribution in [3.05, 3.63) is 0 Å². The molecule has 1 rings (SSSR count). The Morgan fingerprint density at radius 1 is 1.21 bits per heavy atom. The van der Waals surface area contributed by atoms with Gasteiger partial charge in [0.15, 0.2) is 0 Å². The average Bonchev–Trinajstić information content (AvgIpc) is 2.24. The third-order valence-corrected chi connectivity index (χ3v) is 2.63. The number of likely N-dealkylation sites (tertiary alicyclic amines) is 1. The van der Waals surface area contributed by atoms with Crippen LogP contribution in [0, 0.1) is 5.92 Å². The van der Waals surface area contributed by atoms with E-state index in [9.17, 15) is 0 Å². The molecule has 0 aromatic carbocycles. The Morgan fingerprint density at radius 3 is 2.29 bits per heavy atom. The smallest absolute Gasteiger partial charge is 0.0593 e. The highest BCUT2D eigenvalue weighted by Crippen LogP contribution is 2.15. The molecule has 0 aliphatic carbocycles. The summed E-state index contributed by atoms with van der Waals surface area (Å²) in [6.45, 7) is 13.8. The van der Waals surface area contributed by atoms with Gasteiger partial charge in [0.25, 0.3) is 0 Å². The topological polar surface area (TPSA) is 12.5 Å². The second-order valence-electron chi connectivity index (χ2n) is 3.72. The molecule has 0 N–H and O–H groups in total. The first-order chi connectivity index (χ1) is 6.83. The maximum Gasteiger partial charge on any atom is 0.0593 e. The molecule has 1 aliphatic rings. The Balaban J connectivity index is 0.000000791. The second kappa shape index (κ2) is 9.47. The van der Waals surface area contributed by atoms with E-state index in [1.165, 1.54) is 25.9 Å². The molecule has 0 aromatic rings. The maximum absolute atomic E-state index is 5.32. The number of piperidine rings is 1. The summed E-state index contributed by atoms with van der Waals surface area (Å²) in [7, 11) is 0.